The molecule has 1 aliphatic rings. The molecule has 0 atom stereocenters. The van der Waals surface area contributed by atoms with Gasteiger partial charge >= 0.3 is 6.18 Å². The Hall–Kier alpha value is -1.37. The normalized spacial score (nSPS) is 15.5. The monoisotopic (exact) mass is 363 g/mol. The predicted octanol–water partition coefficient (Wildman–Crippen LogP) is 5.27. The maximum atomic E-state index is 14.2. The largest absolute Gasteiger partial charge is 0.419 e. The van der Waals surface area contributed by atoms with E-state index >= 15 is 0 Å². The Morgan fingerprint density at radius 1 is 1.29 bits per heavy atom. The van der Waals surface area contributed by atoms with Gasteiger partial charge in [0, 0.05) is 22.4 Å². The second-order valence-electron chi connectivity index (χ2n) is 4.95. The van der Waals surface area contributed by atoms with Crippen molar-refractivity contribution in [3.05, 3.63) is 40.9 Å². The van der Waals surface area contributed by atoms with E-state index in [1.807, 2.05) is 0 Å². The van der Waals surface area contributed by atoms with E-state index < -0.39 is 17.6 Å². The molecule has 7 heteroatoms. The first-order valence-electron chi connectivity index (χ1n) is 6.34. The van der Waals surface area contributed by atoms with Gasteiger partial charge in [0.25, 0.3) is 0 Å². The lowest BCUT2D eigenvalue weighted by Crippen LogP contribution is -2.09. The zero-order valence-corrected chi connectivity index (χ0v) is 12.3. The Morgan fingerprint density at radius 2 is 2.00 bits per heavy atom. The number of halogens is 5. The molecule has 1 aromatic carbocycles. The highest BCUT2D eigenvalue weighted by Gasteiger charge is 2.37. The standard InChI is InChI=1S/C14H10BrF4NO/c15-6-9-12(20-21-13(9)7-4-5-7)8-2-1-3-10(11(8)16)14(17,18)19/h1-3,7H,4-6H2. The van der Waals surface area contributed by atoms with Gasteiger partial charge in [0.15, 0.2) is 0 Å². The third kappa shape index (κ3) is 2.59. The average molecular weight is 364 g/mol. The number of hydrogen-bond acceptors (Lipinski definition) is 2. The van der Waals surface area contributed by atoms with Gasteiger partial charge in [0.05, 0.1) is 5.56 Å². The van der Waals surface area contributed by atoms with Crippen molar-refractivity contribution in [3.8, 4) is 11.3 Å². The van der Waals surface area contributed by atoms with Crippen LogP contribution in [0.2, 0.25) is 0 Å². The molecule has 1 heterocycles. The van der Waals surface area contributed by atoms with E-state index in [-0.39, 0.29) is 17.2 Å². The van der Waals surface area contributed by atoms with E-state index in [1.165, 1.54) is 12.1 Å². The van der Waals surface area contributed by atoms with Gasteiger partial charge in [-0.1, -0.05) is 27.2 Å². The van der Waals surface area contributed by atoms with Crippen molar-refractivity contribution in [3.63, 3.8) is 0 Å². The van der Waals surface area contributed by atoms with Gasteiger partial charge < -0.3 is 4.52 Å². The molecule has 0 bridgehead atoms. The molecule has 1 fully saturated rings. The topological polar surface area (TPSA) is 26.0 Å². The minimum absolute atomic E-state index is 0.136. The maximum absolute atomic E-state index is 14.2. The Balaban J connectivity index is 2.13. The van der Waals surface area contributed by atoms with Crippen LogP contribution in [-0.4, -0.2) is 5.16 Å². The molecule has 2 nitrogen and oxygen atoms in total. The molecule has 0 aliphatic heterocycles. The Labute approximate surface area is 126 Å². The minimum atomic E-state index is -4.74. The molecule has 0 unspecified atom stereocenters. The molecule has 1 aliphatic carbocycles. The molecule has 2 aromatic rings. The van der Waals surface area contributed by atoms with Crippen LogP contribution in [0.5, 0.6) is 0 Å². The van der Waals surface area contributed by atoms with Gasteiger partial charge in [0.1, 0.15) is 17.3 Å². The van der Waals surface area contributed by atoms with Crippen molar-refractivity contribution in [2.45, 2.75) is 30.3 Å². The highest BCUT2D eigenvalue weighted by molar-refractivity contribution is 9.08. The predicted molar refractivity (Wildman–Crippen MR) is 71.5 cm³/mol. The van der Waals surface area contributed by atoms with Crippen LogP contribution in [0, 0.1) is 5.82 Å². The van der Waals surface area contributed by atoms with Crippen LogP contribution < -0.4 is 0 Å². The number of benzene rings is 1. The smallest absolute Gasteiger partial charge is 0.360 e. The van der Waals surface area contributed by atoms with Crippen LogP contribution in [-0.2, 0) is 11.5 Å². The van der Waals surface area contributed by atoms with Gasteiger partial charge in [-0.2, -0.15) is 13.2 Å². The van der Waals surface area contributed by atoms with Gasteiger partial charge in [-0.3, -0.25) is 0 Å². The second kappa shape index (κ2) is 5.12. The summed E-state index contributed by atoms with van der Waals surface area (Å²) in [5.74, 6) is -0.436. The summed E-state index contributed by atoms with van der Waals surface area (Å²) in [5, 5.41) is 4.14. The summed E-state index contributed by atoms with van der Waals surface area (Å²) in [6.07, 6.45) is -2.82. The summed E-state index contributed by atoms with van der Waals surface area (Å²) in [5.41, 5.74) is -0.723. The molecule has 112 valence electrons. The molecular weight excluding hydrogens is 354 g/mol. The molecule has 0 N–H and O–H groups in total. The molecule has 0 saturated heterocycles. The SMILES string of the molecule is Fc1c(-c2noc(C3CC3)c2CBr)cccc1C(F)(F)F. The van der Waals surface area contributed by atoms with Gasteiger partial charge in [0.2, 0.25) is 0 Å². The van der Waals surface area contributed by atoms with E-state index in [0.29, 0.717) is 22.7 Å². The molecular formula is C14H10BrF4NO. The summed E-state index contributed by atoms with van der Waals surface area (Å²) in [4.78, 5) is 0. The fraction of sp³-hybridized carbons (Fsp3) is 0.357. The molecule has 0 radical (unpaired) electrons. The van der Waals surface area contributed by atoms with E-state index in [9.17, 15) is 17.6 Å². The van der Waals surface area contributed by atoms with Crippen LogP contribution >= 0.6 is 15.9 Å². The summed E-state index contributed by atoms with van der Waals surface area (Å²) < 4.78 is 57.7. The second-order valence-corrected chi connectivity index (χ2v) is 5.51. The number of hydrogen-bond donors (Lipinski definition) is 0. The Morgan fingerprint density at radius 3 is 2.57 bits per heavy atom. The lowest BCUT2D eigenvalue weighted by Gasteiger charge is -2.10. The average Bonchev–Trinajstić information content (AvgIpc) is 3.17. The van der Waals surface area contributed by atoms with Gasteiger partial charge in [-0.05, 0) is 25.0 Å². The van der Waals surface area contributed by atoms with Crippen molar-refractivity contribution in [2.75, 3.05) is 0 Å². The highest BCUT2D eigenvalue weighted by Crippen LogP contribution is 2.45. The van der Waals surface area contributed by atoms with Crippen molar-refractivity contribution in [2.24, 2.45) is 0 Å². The number of nitrogens with zero attached hydrogens (tertiary/aromatic N) is 1. The van der Waals surface area contributed by atoms with E-state index in [1.54, 1.807) is 0 Å². The molecule has 21 heavy (non-hydrogen) atoms. The van der Waals surface area contributed by atoms with E-state index in [2.05, 4.69) is 21.1 Å². The highest BCUT2D eigenvalue weighted by atomic mass is 79.9. The fourth-order valence-corrected chi connectivity index (χ4v) is 2.80. The summed E-state index contributed by atoms with van der Waals surface area (Å²) in [6.45, 7) is 0. The first-order chi connectivity index (χ1) is 9.93. The number of aromatic nitrogens is 1. The van der Waals surface area contributed by atoms with E-state index in [0.717, 1.165) is 12.8 Å². The minimum Gasteiger partial charge on any atom is -0.360 e. The van der Waals surface area contributed by atoms with Crippen molar-refractivity contribution >= 4 is 15.9 Å². The van der Waals surface area contributed by atoms with Crippen molar-refractivity contribution in [1.29, 1.82) is 0 Å². The maximum Gasteiger partial charge on any atom is 0.419 e. The zero-order chi connectivity index (χ0) is 15.2. The fourth-order valence-electron chi connectivity index (χ4n) is 2.26. The lowest BCUT2D eigenvalue weighted by molar-refractivity contribution is -0.139. The molecule has 0 spiro atoms. The van der Waals surface area contributed by atoms with Crippen LogP contribution in [0.15, 0.2) is 22.7 Å². The zero-order valence-electron chi connectivity index (χ0n) is 10.7. The molecule has 3 rings (SSSR count). The Bertz CT molecular complexity index is 676. The molecule has 0 amide bonds. The number of alkyl halides is 4. The first kappa shape index (κ1) is 14.6. The molecule has 1 aromatic heterocycles. The van der Waals surface area contributed by atoms with Gasteiger partial charge in [-0.25, -0.2) is 4.39 Å². The third-order valence-electron chi connectivity index (χ3n) is 3.46. The Kier molecular flexibility index (Phi) is 3.55. The first-order valence-corrected chi connectivity index (χ1v) is 7.46. The lowest BCUT2D eigenvalue weighted by atomic mass is 10.0. The summed E-state index contributed by atoms with van der Waals surface area (Å²) in [7, 11) is 0. The van der Waals surface area contributed by atoms with Crippen LogP contribution in [0.4, 0.5) is 17.6 Å². The van der Waals surface area contributed by atoms with Crippen LogP contribution in [0.25, 0.3) is 11.3 Å². The summed E-state index contributed by atoms with van der Waals surface area (Å²) in [6, 6.07) is 3.17. The van der Waals surface area contributed by atoms with Gasteiger partial charge in [-0.15, -0.1) is 0 Å². The van der Waals surface area contributed by atoms with Crippen LogP contribution in [0.1, 0.15) is 35.6 Å². The van der Waals surface area contributed by atoms with Crippen molar-refractivity contribution < 1.29 is 22.1 Å². The van der Waals surface area contributed by atoms with Crippen LogP contribution in [0.3, 0.4) is 0 Å². The molecule has 1 saturated carbocycles. The quantitative estimate of drug-likeness (QED) is 0.548. The number of rotatable bonds is 3. The van der Waals surface area contributed by atoms with Crippen molar-refractivity contribution in [1.82, 2.24) is 5.16 Å². The third-order valence-corrected chi connectivity index (χ3v) is 4.02. The van der Waals surface area contributed by atoms with E-state index in [4.69, 9.17) is 4.52 Å². The summed E-state index contributed by atoms with van der Waals surface area (Å²) >= 11 is 3.27.